The number of hydrogen-bond acceptors (Lipinski definition) is 8. The molecular formula is C10H22O6P2S2. The highest BCUT2D eigenvalue weighted by Crippen LogP contribution is 2.44. The molecule has 20 heavy (non-hydrogen) atoms. The normalized spacial score (nSPS) is 36.5. The zero-order valence-electron chi connectivity index (χ0n) is 11.8. The van der Waals surface area contributed by atoms with Gasteiger partial charge in [-0.3, -0.25) is 0 Å². The highest BCUT2D eigenvalue weighted by molar-refractivity contribution is 8.09. The molecule has 0 bridgehead atoms. The van der Waals surface area contributed by atoms with Crippen LogP contribution in [0.1, 0.15) is 0 Å². The molecule has 0 atom stereocenters. The third-order valence-corrected chi connectivity index (χ3v) is 6.09. The Kier molecular flexibility index (Phi) is 9.51. The van der Waals surface area contributed by atoms with Crippen molar-refractivity contribution >= 4 is 36.6 Å². The van der Waals surface area contributed by atoms with Crippen LogP contribution in [0.3, 0.4) is 0 Å². The van der Waals surface area contributed by atoms with Crippen molar-refractivity contribution in [3.63, 3.8) is 0 Å². The van der Waals surface area contributed by atoms with Crippen LogP contribution in [0.2, 0.25) is 0 Å². The molecular weight excluding hydrogens is 342 g/mol. The van der Waals surface area contributed by atoms with Crippen molar-refractivity contribution in [1.82, 2.24) is 0 Å². The van der Waals surface area contributed by atoms with E-state index in [0.29, 0.717) is 52.9 Å². The lowest BCUT2D eigenvalue weighted by Crippen LogP contribution is -2.12. The van der Waals surface area contributed by atoms with Crippen LogP contribution in [0.5, 0.6) is 0 Å². The maximum Gasteiger partial charge on any atom is 0.185 e. The van der Waals surface area contributed by atoms with Crippen molar-refractivity contribution in [3.8, 4) is 0 Å². The Bertz CT molecular complexity index is 310. The second-order valence-electron chi connectivity index (χ2n) is 4.10. The molecule has 6 nitrogen and oxygen atoms in total. The quantitative estimate of drug-likeness (QED) is 0.605. The van der Waals surface area contributed by atoms with E-state index < -0.39 is 13.0 Å². The molecule has 0 aliphatic carbocycles. The molecule has 1 aliphatic heterocycles. The van der Waals surface area contributed by atoms with E-state index in [-0.39, 0.29) is 0 Å². The Balaban J connectivity index is 2.38. The summed E-state index contributed by atoms with van der Waals surface area (Å²) in [6.45, 7) is 2.61. The minimum absolute atomic E-state index is 0.408. The molecule has 0 unspecified atom stereocenters. The van der Waals surface area contributed by atoms with E-state index in [1.807, 2.05) is 0 Å². The van der Waals surface area contributed by atoms with Crippen molar-refractivity contribution in [3.05, 3.63) is 0 Å². The first-order chi connectivity index (χ1) is 9.41. The minimum Gasteiger partial charge on any atom is -0.377 e. The Morgan fingerprint density at radius 3 is 1.05 bits per heavy atom. The van der Waals surface area contributed by atoms with Crippen molar-refractivity contribution in [1.29, 1.82) is 0 Å². The first-order valence-corrected chi connectivity index (χ1v) is 12.5. The summed E-state index contributed by atoms with van der Waals surface area (Å²) in [5.41, 5.74) is 0. The summed E-state index contributed by atoms with van der Waals surface area (Å²) in [6.07, 6.45) is 0. The SMILES string of the molecule is CP1(=S)OCCOCCOP(C)(=S)OCCOCCO1. The molecule has 120 valence electrons. The van der Waals surface area contributed by atoms with Gasteiger partial charge in [-0.05, 0) is 23.6 Å². The van der Waals surface area contributed by atoms with Crippen molar-refractivity contribution in [2.24, 2.45) is 0 Å². The zero-order valence-corrected chi connectivity index (χ0v) is 15.2. The maximum atomic E-state index is 5.52. The minimum atomic E-state index is -2.20. The third kappa shape index (κ3) is 9.90. The van der Waals surface area contributed by atoms with E-state index in [2.05, 4.69) is 0 Å². The van der Waals surface area contributed by atoms with Gasteiger partial charge in [0.25, 0.3) is 0 Å². The van der Waals surface area contributed by atoms with Gasteiger partial charge in [-0.2, -0.15) is 0 Å². The first kappa shape index (κ1) is 19.1. The molecule has 1 aliphatic rings. The van der Waals surface area contributed by atoms with E-state index in [1.54, 1.807) is 13.3 Å². The number of rotatable bonds is 0. The van der Waals surface area contributed by atoms with Gasteiger partial charge in [0.2, 0.25) is 0 Å². The fourth-order valence-electron chi connectivity index (χ4n) is 1.33. The van der Waals surface area contributed by atoms with Gasteiger partial charge < -0.3 is 27.6 Å². The van der Waals surface area contributed by atoms with Gasteiger partial charge in [0.05, 0.1) is 52.9 Å². The monoisotopic (exact) mass is 364 g/mol. The lowest BCUT2D eigenvalue weighted by molar-refractivity contribution is 0.0538. The largest absolute Gasteiger partial charge is 0.377 e. The van der Waals surface area contributed by atoms with Crippen LogP contribution in [0, 0.1) is 0 Å². The molecule has 0 radical (unpaired) electrons. The van der Waals surface area contributed by atoms with Gasteiger partial charge in [-0.15, -0.1) is 0 Å². The highest BCUT2D eigenvalue weighted by atomic mass is 32.5. The van der Waals surface area contributed by atoms with Gasteiger partial charge in [0, 0.05) is 13.3 Å². The number of hydrogen-bond donors (Lipinski definition) is 0. The molecule has 0 aromatic heterocycles. The van der Waals surface area contributed by atoms with Gasteiger partial charge in [0.15, 0.2) is 13.0 Å². The third-order valence-electron chi connectivity index (χ3n) is 2.21. The van der Waals surface area contributed by atoms with Crippen LogP contribution < -0.4 is 0 Å². The summed E-state index contributed by atoms with van der Waals surface area (Å²) in [7, 11) is 0. The number of ether oxygens (including phenoxy) is 2. The zero-order chi connectivity index (χ0) is 14.9. The summed E-state index contributed by atoms with van der Waals surface area (Å²) < 4.78 is 32.8. The Morgan fingerprint density at radius 1 is 0.550 bits per heavy atom. The Labute approximate surface area is 130 Å². The first-order valence-electron chi connectivity index (χ1n) is 6.30. The van der Waals surface area contributed by atoms with Crippen LogP contribution in [0.15, 0.2) is 0 Å². The standard InChI is InChI=1S/C10H22O6P2S2/c1-17(19)13-7-3-11-5-9-15-18(2,20)16-10-6-12-4-8-14-17/h3-10H2,1-2H3. The van der Waals surface area contributed by atoms with Gasteiger partial charge in [-0.25, -0.2) is 0 Å². The molecule has 0 aromatic carbocycles. The highest BCUT2D eigenvalue weighted by Gasteiger charge is 2.13. The van der Waals surface area contributed by atoms with Gasteiger partial charge >= 0.3 is 0 Å². The lowest BCUT2D eigenvalue weighted by Gasteiger charge is -2.20. The molecule has 10 heteroatoms. The predicted molar refractivity (Wildman–Crippen MR) is 85.9 cm³/mol. The summed E-state index contributed by atoms with van der Waals surface area (Å²) in [6, 6.07) is 0. The van der Waals surface area contributed by atoms with E-state index >= 15 is 0 Å². The predicted octanol–water partition coefficient (Wildman–Crippen LogP) is 1.98. The molecule has 1 saturated heterocycles. The molecule has 0 aromatic rings. The van der Waals surface area contributed by atoms with Gasteiger partial charge in [0.1, 0.15) is 0 Å². The molecule has 0 amide bonds. The van der Waals surface area contributed by atoms with Crippen molar-refractivity contribution in [2.75, 3.05) is 66.2 Å². The van der Waals surface area contributed by atoms with Crippen LogP contribution in [-0.2, 0) is 51.2 Å². The lowest BCUT2D eigenvalue weighted by atomic mass is 10.7. The molecule has 0 saturated carbocycles. The fourth-order valence-corrected chi connectivity index (χ4v) is 3.99. The van der Waals surface area contributed by atoms with E-state index in [1.165, 1.54) is 0 Å². The van der Waals surface area contributed by atoms with Gasteiger partial charge in [-0.1, -0.05) is 0 Å². The van der Waals surface area contributed by atoms with Crippen LogP contribution in [0.25, 0.3) is 0 Å². The summed E-state index contributed by atoms with van der Waals surface area (Å²) in [4.78, 5) is 0. The maximum absolute atomic E-state index is 5.52. The Hall–Kier alpha value is 1.06. The smallest absolute Gasteiger partial charge is 0.185 e. The van der Waals surface area contributed by atoms with Crippen molar-refractivity contribution < 1.29 is 27.6 Å². The fraction of sp³-hybridized carbons (Fsp3) is 1.00. The molecule has 0 spiro atoms. The summed E-state index contributed by atoms with van der Waals surface area (Å²) in [5, 5.41) is 0. The molecule has 1 rings (SSSR count). The van der Waals surface area contributed by atoms with Crippen molar-refractivity contribution in [2.45, 2.75) is 0 Å². The molecule has 1 fully saturated rings. The summed E-state index contributed by atoms with van der Waals surface area (Å²) >= 11 is 10.5. The van der Waals surface area contributed by atoms with E-state index in [9.17, 15) is 0 Å². The van der Waals surface area contributed by atoms with E-state index in [0.717, 1.165) is 0 Å². The molecule has 1 heterocycles. The van der Waals surface area contributed by atoms with Crippen LogP contribution in [-0.4, -0.2) is 66.2 Å². The topological polar surface area (TPSA) is 55.4 Å². The second-order valence-corrected chi connectivity index (χ2v) is 12.2. The summed E-state index contributed by atoms with van der Waals surface area (Å²) in [5.74, 6) is 0. The van der Waals surface area contributed by atoms with Crippen LogP contribution >= 0.6 is 13.0 Å². The van der Waals surface area contributed by atoms with E-state index in [4.69, 9.17) is 51.2 Å². The average Bonchev–Trinajstić information content (AvgIpc) is 2.35. The molecule has 0 N–H and O–H groups in total. The van der Waals surface area contributed by atoms with Crippen LogP contribution in [0.4, 0.5) is 0 Å². The Morgan fingerprint density at radius 2 is 0.800 bits per heavy atom. The average molecular weight is 364 g/mol. The second kappa shape index (κ2) is 9.95.